The van der Waals surface area contributed by atoms with E-state index in [4.69, 9.17) is 9.47 Å². The van der Waals surface area contributed by atoms with Gasteiger partial charge >= 0.3 is 5.97 Å². The Morgan fingerprint density at radius 3 is 2.71 bits per heavy atom. The van der Waals surface area contributed by atoms with Crippen molar-refractivity contribution in [3.05, 3.63) is 65.7 Å². The summed E-state index contributed by atoms with van der Waals surface area (Å²) in [6.07, 6.45) is 4.83. The maximum absolute atomic E-state index is 10.8. The first kappa shape index (κ1) is 20.4. The van der Waals surface area contributed by atoms with Crippen LogP contribution in [0.2, 0.25) is 0 Å². The molecule has 1 fully saturated rings. The number of rotatable bonds is 8. The van der Waals surface area contributed by atoms with Gasteiger partial charge in [0.05, 0.1) is 0 Å². The molecule has 1 aliphatic carbocycles. The van der Waals surface area contributed by atoms with E-state index in [-0.39, 0.29) is 12.6 Å². The first-order chi connectivity index (χ1) is 13.6. The summed E-state index contributed by atoms with van der Waals surface area (Å²) < 4.78 is 10.7. The van der Waals surface area contributed by atoms with Gasteiger partial charge in [-0.15, -0.1) is 0 Å². The number of carbonyl (C=O) groups excluding carboxylic acids is 1. The molecule has 2 aromatic carbocycles. The van der Waals surface area contributed by atoms with E-state index in [0.29, 0.717) is 24.6 Å². The third kappa shape index (κ3) is 6.10. The van der Waals surface area contributed by atoms with Gasteiger partial charge in [0.1, 0.15) is 19.0 Å². The molecule has 0 amide bonds. The van der Waals surface area contributed by atoms with Crippen LogP contribution in [0.15, 0.2) is 54.6 Å². The second-order valence-electron chi connectivity index (χ2n) is 7.62. The summed E-state index contributed by atoms with van der Waals surface area (Å²) in [5.41, 5.74) is 2.68. The molecule has 1 N–H and O–H groups in total. The number of carbonyl (C=O) groups is 1. The molecule has 4 nitrogen and oxygen atoms in total. The van der Waals surface area contributed by atoms with Crippen LogP contribution in [0.5, 0.6) is 5.75 Å². The van der Waals surface area contributed by atoms with Crippen molar-refractivity contribution in [3.63, 3.8) is 0 Å². The lowest BCUT2D eigenvalue weighted by atomic mass is 9.81. The van der Waals surface area contributed by atoms with E-state index in [1.165, 1.54) is 37.3 Å². The Kier molecular flexibility index (Phi) is 7.49. The average Bonchev–Trinajstić information content (AvgIpc) is 2.72. The van der Waals surface area contributed by atoms with Crippen molar-refractivity contribution in [1.82, 2.24) is 5.32 Å². The summed E-state index contributed by atoms with van der Waals surface area (Å²) in [6.45, 7) is 4.32. The highest BCUT2D eigenvalue weighted by Gasteiger charge is 2.24. The second kappa shape index (κ2) is 10.3. The SMILES string of the molecule is CC(=O)OCCOc1cccc(C2CCCC(NC(C)c3ccccc3)C2)c1. The van der Waals surface area contributed by atoms with E-state index >= 15 is 0 Å². The van der Waals surface area contributed by atoms with Crippen molar-refractivity contribution in [1.29, 1.82) is 0 Å². The molecule has 0 saturated heterocycles. The Morgan fingerprint density at radius 2 is 1.93 bits per heavy atom. The summed E-state index contributed by atoms with van der Waals surface area (Å²) in [5, 5.41) is 3.82. The molecule has 0 aliphatic heterocycles. The Bertz CT molecular complexity index is 747. The lowest BCUT2D eigenvalue weighted by Crippen LogP contribution is -2.35. The van der Waals surface area contributed by atoms with Gasteiger partial charge in [-0.3, -0.25) is 4.79 Å². The van der Waals surface area contributed by atoms with Gasteiger partial charge in [0.15, 0.2) is 0 Å². The van der Waals surface area contributed by atoms with Crippen LogP contribution in [-0.2, 0) is 9.53 Å². The van der Waals surface area contributed by atoms with Crippen LogP contribution < -0.4 is 10.1 Å². The smallest absolute Gasteiger partial charge is 0.302 e. The number of ether oxygens (including phenoxy) is 2. The topological polar surface area (TPSA) is 47.6 Å². The van der Waals surface area contributed by atoms with Crippen LogP contribution in [-0.4, -0.2) is 25.2 Å². The van der Waals surface area contributed by atoms with E-state index in [9.17, 15) is 4.79 Å². The van der Waals surface area contributed by atoms with Gasteiger partial charge in [0.2, 0.25) is 0 Å². The molecule has 3 rings (SSSR count). The number of esters is 1. The van der Waals surface area contributed by atoms with Gasteiger partial charge in [-0.1, -0.05) is 48.9 Å². The molecule has 0 bridgehead atoms. The van der Waals surface area contributed by atoms with E-state index in [2.05, 4.69) is 60.8 Å². The molecule has 2 aromatic rings. The summed E-state index contributed by atoms with van der Waals surface area (Å²) in [5.74, 6) is 1.12. The van der Waals surface area contributed by atoms with Crippen molar-refractivity contribution in [2.45, 2.75) is 57.5 Å². The summed E-state index contributed by atoms with van der Waals surface area (Å²) in [7, 11) is 0. The molecule has 1 saturated carbocycles. The highest BCUT2D eigenvalue weighted by Crippen LogP contribution is 2.35. The van der Waals surface area contributed by atoms with Gasteiger partial charge in [0.25, 0.3) is 0 Å². The minimum Gasteiger partial charge on any atom is -0.490 e. The normalized spacial score (nSPS) is 20.4. The van der Waals surface area contributed by atoms with Crippen LogP contribution >= 0.6 is 0 Å². The molecule has 0 spiro atoms. The monoisotopic (exact) mass is 381 g/mol. The zero-order chi connectivity index (χ0) is 19.8. The predicted molar refractivity (Wildman–Crippen MR) is 112 cm³/mol. The van der Waals surface area contributed by atoms with Crippen molar-refractivity contribution in [2.24, 2.45) is 0 Å². The van der Waals surface area contributed by atoms with Crippen molar-refractivity contribution in [2.75, 3.05) is 13.2 Å². The number of nitrogens with one attached hydrogen (secondary N) is 1. The fraction of sp³-hybridized carbons (Fsp3) is 0.458. The second-order valence-corrected chi connectivity index (χ2v) is 7.62. The van der Waals surface area contributed by atoms with Gasteiger partial charge in [0, 0.05) is 19.0 Å². The highest BCUT2D eigenvalue weighted by molar-refractivity contribution is 5.65. The number of hydrogen-bond donors (Lipinski definition) is 1. The van der Waals surface area contributed by atoms with E-state index in [0.717, 1.165) is 12.2 Å². The van der Waals surface area contributed by atoms with Crippen LogP contribution in [0.4, 0.5) is 0 Å². The summed E-state index contributed by atoms with van der Waals surface area (Å²) >= 11 is 0. The zero-order valence-electron chi connectivity index (χ0n) is 16.9. The van der Waals surface area contributed by atoms with Crippen LogP contribution in [0.25, 0.3) is 0 Å². The number of hydrogen-bond acceptors (Lipinski definition) is 4. The van der Waals surface area contributed by atoms with Crippen molar-refractivity contribution < 1.29 is 14.3 Å². The van der Waals surface area contributed by atoms with E-state index in [1.807, 2.05) is 6.07 Å². The molecule has 28 heavy (non-hydrogen) atoms. The van der Waals surface area contributed by atoms with E-state index < -0.39 is 0 Å². The highest BCUT2D eigenvalue weighted by atomic mass is 16.6. The first-order valence-corrected chi connectivity index (χ1v) is 10.3. The lowest BCUT2D eigenvalue weighted by Gasteiger charge is -2.32. The van der Waals surface area contributed by atoms with Gasteiger partial charge in [-0.2, -0.15) is 0 Å². The molecule has 4 heteroatoms. The van der Waals surface area contributed by atoms with Crippen LogP contribution in [0, 0.1) is 0 Å². The zero-order valence-corrected chi connectivity index (χ0v) is 16.9. The first-order valence-electron chi connectivity index (χ1n) is 10.3. The predicted octanol–water partition coefficient (Wildman–Crippen LogP) is 5.01. The average molecular weight is 382 g/mol. The Labute approximate surface area is 168 Å². The van der Waals surface area contributed by atoms with Gasteiger partial charge in [-0.25, -0.2) is 0 Å². The summed E-state index contributed by atoms with van der Waals surface area (Å²) in [6, 6.07) is 19.9. The molecular formula is C24H31NO3. The summed E-state index contributed by atoms with van der Waals surface area (Å²) in [4.78, 5) is 10.8. The standard InChI is InChI=1S/C24H31NO3/c1-18(20-8-4-3-5-9-20)25-23-12-6-10-21(16-23)22-11-7-13-24(17-22)28-15-14-27-19(2)26/h3-5,7-9,11,13,17-18,21,23,25H,6,10,12,14-16H2,1-2H3. The third-order valence-corrected chi connectivity index (χ3v) is 5.45. The fourth-order valence-electron chi connectivity index (χ4n) is 4.04. The minimum absolute atomic E-state index is 0.275. The van der Waals surface area contributed by atoms with Crippen LogP contribution in [0.1, 0.15) is 62.6 Å². The Hall–Kier alpha value is -2.33. The van der Waals surface area contributed by atoms with E-state index in [1.54, 1.807) is 0 Å². The largest absolute Gasteiger partial charge is 0.490 e. The molecule has 0 radical (unpaired) electrons. The maximum atomic E-state index is 10.8. The van der Waals surface area contributed by atoms with Crippen LogP contribution in [0.3, 0.4) is 0 Å². The van der Waals surface area contributed by atoms with Crippen molar-refractivity contribution in [3.8, 4) is 5.75 Å². The molecular weight excluding hydrogens is 350 g/mol. The van der Waals surface area contributed by atoms with Crippen molar-refractivity contribution >= 4 is 5.97 Å². The maximum Gasteiger partial charge on any atom is 0.302 e. The molecule has 3 unspecified atom stereocenters. The molecule has 0 heterocycles. The van der Waals surface area contributed by atoms with Gasteiger partial charge < -0.3 is 14.8 Å². The Morgan fingerprint density at radius 1 is 1.11 bits per heavy atom. The molecule has 1 aliphatic rings. The fourth-order valence-corrected chi connectivity index (χ4v) is 4.04. The quantitative estimate of drug-likeness (QED) is 0.516. The third-order valence-electron chi connectivity index (χ3n) is 5.45. The Balaban J connectivity index is 1.55. The lowest BCUT2D eigenvalue weighted by molar-refractivity contribution is -0.141. The number of benzene rings is 2. The minimum atomic E-state index is -0.275. The molecule has 150 valence electrons. The van der Waals surface area contributed by atoms with Gasteiger partial charge in [-0.05, 0) is 55.4 Å². The molecule has 3 atom stereocenters. The molecule has 0 aromatic heterocycles.